The molecule has 0 aliphatic rings. The van der Waals surface area contributed by atoms with Gasteiger partial charge in [-0.15, -0.1) is 0 Å². The van der Waals surface area contributed by atoms with Crippen LogP contribution < -0.4 is 5.73 Å². The van der Waals surface area contributed by atoms with Gasteiger partial charge in [-0.25, -0.2) is 4.79 Å². The maximum absolute atomic E-state index is 10.9. The van der Waals surface area contributed by atoms with Crippen molar-refractivity contribution in [3.05, 3.63) is 35.5 Å². The number of aryl methyl sites for hydroxylation is 1. The van der Waals surface area contributed by atoms with Gasteiger partial charge in [-0.2, -0.15) is 0 Å². The highest BCUT2D eigenvalue weighted by atomic mass is 16.4. The minimum absolute atomic E-state index is 0.330. The average molecular weight is 204 g/mol. The molecule has 15 heavy (non-hydrogen) atoms. The Morgan fingerprint density at radius 3 is 2.87 bits per heavy atom. The number of carboxylic acid groups (broad SMARTS) is 1. The molecule has 0 unspecified atom stereocenters. The van der Waals surface area contributed by atoms with E-state index >= 15 is 0 Å². The molecule has 0 amide bonds. The molecule has 0 fully saturated rings. The third kappa shape index (κ3) is 1.49. The van der Waals surface area contributed by atoms with Crippen molar-refractivity contribution < 1.29 is 9.90 Å². The van der Waals surface area contributed by atoms with Crippen LogP contribution in [0.1, 0.15) is 15.9 Å². The Kier molecular flexibility index (Phi) is 2.21. The normalized spacial score (nSPS) is 10.8. The number of hydrogen-bond donors (Lipinski definition) is 2. The summed E-state index contributed by atoms with van der Waals surface area (Å²) in [6.07, 6.45) is 1.62. The zero-order valence-electron chi connectivity index (χ0n) is 8.40. The fourth-order valence-electron chi connectivity index (χ4n) is 1.73. The Balaban J connectivity index is 2.75. The zero-order valence-corrected chi connectivity index (χ0v) is 8.40. The van der Waals surface area contributed by atoms with Gasteiger partial charge in [0.1, 0.15) is 0 Å². The molecular weight excluding hydrogens is 192 g/mol. The predicted molar refractivity (Wildman–Crippen MR) is 57.8 cm³/mol. The topological polar surface area (TPSA) is 68.2 Å². The lowest BCUT2D eigenvalue weighted by molar-refractivity contribution is 0.0699. The van der Waals surface area contributed by atoms with E-state index in [1.165, 1.54) is 0 Å². The summed E-state index contributed by atoms with van der Waals surface area (Å²) in [6.45, 7) is 0.462. The van der Waals surface area contributed by atoms with Gasteiger partial charge in [-0.3, -0.25) is 0 Å². The van der Waals surface area contributed by atoms with Crippen molar-refractivity contribution in [2.24, 2.45) is 12.8 Å². The molecule has 4 heteroatoms. The second-order valence-electron chi connectivity index (χ2n) is 3.51. The summed E-state index contributed by atoms with van der Waals surface area (Å²) in [5.41, 5.74) is 7.76. The van der Waals surface area contributed by atoms with E-state index in [2.05, 4.69) is 0 Å². The van der Waals surface area contributed by atoms with Crippen molar-refractivity contribution in [1.29, 1.82) is 0 Å². The number of carbonyl (C=O) groups is 1. The zero-order chi connectivity index (χ0) is 11.0. The first-order valence-electron chi connectivity index (χ1n) is 4.65. The van der Waals surface area contributed by atoms with Gasteiger partial charge in [0.15, 0.2) is 0 Å². The molecule has 0 spiro atoms. The molecule has 2 rings (SSSR count). The number of aromatic nitrogens is 1. The fourth-order valence-corrected chi connectivity index (χ4v) is 1.73. The van der Waals surface area contributed by atoms with E-state index in [1.54, 1.807) is 16.8 Å². The number of benzene rings is 1. The Labute approximate surface area is 86.9 Å². The van der Waals surface area contributed by atoms with Crippen LogP contribution in [0.5, 0.6) is 0 Å². The average Bonchev–Trinajstić information content (AvgIpc) is 2.56. The van der Waals surface area contributed by atoms with E-state index in [9.17, 15) is 4.79 Å². The van der Waals surface area contributed by atoms with Crippen molar-refractivity contribution in [3.8, 4) is 0 Å². The van der Waals surface area contributed by atoms with Gasteiger partial charge in [-0.05, 0) is 11.6 Å². The van der Waals surface area contributed by atoms with Gasteiger partial charge < -0.3 is 15.4 Å². The lowest BCUT2D eigenvalue weighted by Crippen LogP contribution is -1.96. The Hall–Kier alpha value is -1.81. The number of hydrogen-bond acceptors (Lipinski definition) is 2. The van der Waals surface area contributed by atoms with Crippen LogP contribution in [0.4, 0.5) is 0 Å². The molecule has 0 saturated heterocycles. The first-order valence-corrected chi connectivity index (χ1v) is 4.65. The monoisotopic (exact) mass is 204 g/mol. The van der Waals surface area contributed by atoms with Crippen molar-refractivity contribution in [2.45, 2.75) is 6.54 Å². The quantitative estimate of drug-likeness (QED) is 0.775. The number of carboxylic acids is 1. The molecule has 1 aromatic heterocycles. The number of fused-ring (bicyclic) bond motifs is 1. The maximum atomic E-state index is 10.9. The molecule has 0 aliphatic carbocycles. The summed E-state index contributed by atoms with van der Waals surface area (Å²) >= 11 is 0. The van der Waals surface area contributed by atoms with Crippen LogP contribution in [0, 0.1) is 0 Å². The Bertz CT molecular complexity index is 529. The van der Waals surface area contributed by atoms with Crippen LogP contribution in [0.15, 0.2) is 24.4 Å². The van der Waals surface area contributed by atoms with Crippen LogP contribution >= 0.6 is 0 Å². The Morgan fingerprint density at radius 2 is 2.27 bits per heavy atom. The molecular formula is C11H12N2O2. The van der Waals surface area contributed by atoms with Gasteiger partial charge in [0.05, 0.1) is 5.56 Å². The second-order valence-corrected chi connectivity index (χ2v) is 3.51. The van der Waals surface area contributed by atoms with Crippen LogP contribution in [-0.4, -0.2) is 15.6 Å². The van der Waals surface area contributed by atoms with Gasteiger partial charge >= 0.3 is 5.97 Å². The van der Waals surface area contributed by atoms with Crippen LogP contribution in [0.3, 0.4) is 0 Å². The molecule has 4 nitrogen and oxygen atoms in total. The number of rotatable bonds is 2. The fraction of sp³-hybridized carbons (Fsp3) is 0.182. The van der Waals surface area contributed by atoms with Gasteiger partial charge in [0.25, 0.3) is 0 Å². The molecule has 2 aromatic rings. The minimum atomic E-state index is -0.902. The summed E-state index contributed by atoms with van der Waals surface area (Å²) in [4.78, 5) is 10.9. The summed E-state index contributed by atoms with van der Waals surface area (Å²) in [5, 5.41) is 9.74. The second kappa shape index (κ2) is 3.40. The van der Waals surface area contributed by atoms with Crippen molar-refractivity contribution >= 4 is 16.9 Å². The van der Waals surface area contributed by atoms with E-state index in [1.807, 2.05) is 19.2 Å². The minimum Gasteiger partial charge on any atom is -0.478 e. The lowest BCUT2D eigenvalue weighted by atomic mass is 10.1. The van der Waals surface area contributed by atoms with Crippen LogP contribution in [0.25, 0.3) is 10.9 Å². The van der Waals surface area contributed by atoms with Crippen LogP contribution in [0.2, 0.25) is 0 Å². The summed E-state index contributed by atoms with van der Waals surface area (Å²) in [7, 11) is 1.83. The molecule has 0 saturated carbocycles. The van der Waals surface area contributed by atoms with E-state index in [0.717, 1.165) is 16.5 Å². The van der Waals surface area contributed by atoms with Crippen molar-refractivity contribution in [2.75, 3.05) is 0 Å². The van der Waals surface area contributed by atoms with Gasteiger partial charge in [-0.1, -0.05) is 12.1 Å². The number of nitrogens with zero attached hydrogens (tertiary/aromatic N) is 1. The maximum Gasteiger partial charge on any atom is 0.337 e. The SMILES string of the molecule is Cn1cc(C(=O)O)c2ccc(CN)cc21. The molecule has 3 N–H and O–H groups in total. The molecule has 1 heterocycles. The molecule has 0 atom stereocenters. The van der Waals surface area contributed by atoms with Gasteiger partial charge in [0.2, 0.25) is 0 Å². The highest BCUT2D eigenvalue weighted by Crippen LogP contribution is 2.21. The Morgan fingerprint density at radius 1 is 1.53 bits per heavy atom. The third-order valence-corrected chi connectivity index (χ3v) is 2.52. The van der Waals surface area contributed by atoms with Crippen LogP contribution in [-0.2, 0) is 13.6 Å². The third-order valence-electron chi connectivity index (χ3n) is 2.52. The lowest BCUT2D eigenvalue weighted by Gasteiger charge is -1.99. The first-order chi connectivity index (χ1) is 7.13. The highest BCUT2D eigenvalue weighted by Gasteiger charge is 2.12. The van der Waals surface area contributed by atoms with Gasteiger partial charge in [0, 0.05) is 30.7 Å². The van der Waals surface area contributed by atoms with Crippen molar-refractivity contribution in [3.63, 3.8) is 0 Å². The summed E-state index contributed by atoms with van der Waals surface area (Å²) in [5.74, 6) is -0.902. The summed E-state index contributed by atoms with van der Waals surface area (Å²) < 4.78 is 1.80. The first kappa shape index (κ1) is 9.73. The molecule has 0 radical (unpaired) electrons. The van der Waals surface area contributed by atoms with E-state index < -0.39 is 5.97 Å². The molecule has 0 aliphatic heterocycles. The smallest absolute Gasteiger partial charge is 0.337 e. The highest BCUT2D eigenvalue weighted by molar-refractivity contribution is 6.03. The van der Waals surface area contributed by atoms with E-state index in [0.29, 0.717) is 12.1 Å². The summed E-state index contributed by atoms with van der Waals surface area (Å²) in [6, 6.07) is 5.58. The number of aromatic carboxylic acids is 1. The van der Waals surface area contributed by atoms with E-state index in [-0.39, 0.29) is 0 Å². The molecule has 1 aromatic carbocycles. The van der Waals surface area contributed by atoms with E-state index in [4.69, 9.17) is 10.8 Å². The molecule has 0 bridgehead atoms. The number of nitrogens with two attached hydrogens (primary N) is 1. The predicted octanol–water partition coefficient (Wildman–Crippen LogP) is 1.34. The standard InChI is InChI=1S/C11H12N2O2/c1-13-6-9(11(14)15)8-3-2-7(5-12)4-10(8)13/h2-4,6H,5,12H2,1H3,(H,14,15). The van der Waals surface area contributed by atoms with Crippen molar-refractivity contribution in [1.82, 2.24) is 4.57 Å². The largest absolute Gasteiger partial charge is 0.478 e. The molecule has 78 valence electrons.